The van der Waals surface area contributed by atoms with Crippen molar-refractivity contribution in [3.8, 4) is 0 Å². The lowest BCUT2D eigenvalue weighted by Gasteiger charge is -2.45. The van der Waals surface area contributed by atoms with Crippen LogP contribution in [-0.4, -0.2) is 80.6 Å². The first-order chi connectivity index (χ1) is 14.2. The first kappa shape index (κ1) is 22.2. The van der Waals surface area contributed by atoms with Crippen LogP contribution in [0.2, 0.25) is 0 Å². The van der Waals surface area contributed by atoms with Crippen LogP contribution in [0.3, 0.4) is 0 Å². The molecular formula is C21H29N3O6. The van der Waals surface area contributed by atoms with Gasteiger partial charge in [-0.05, 0) is 56.0 Å². The molecule has 0 bridgehead atoms. The van der Waals surface area contributed by atoms with Crippen LogP contribution in [0.1, 0.15) is 29.9 Å². The Hall–Kier alpha value is -2.46. The molecule has 9 heteroatoms. The Morgan fingerprint density at radius 2 is 1.90 bits per heavy atom. The highest BCUT2D eigenvalue weighted by atomic mass is 16.4. The fraction of sp³-hybridized carbons (Fsp3) is 0.524. The number of likely N-dealkylation sites (N-methyl/N-ethyl adjacent to an activating group) is 1. The Balaban J connectivity index is 0.000000220. The van der Waals surface area contributed by atoms with Crippen LogP contribution in [-0.2, 0) is 16.0 Å². The lowest BCUT2D eigenvalue weighted by Crippen LogP contribution is -2.48. The number of nitrogens with zero attached hydrogens (tertiary/aromatic N) is 1. The number of hydrogen-bond donors (Lipinski definition) is 6. The molecule has 164 valence electrons. The largest absolute Gasteiger partial charge is 0.479 e. The van der Waals surface area contributed by atoms with Crippen molar-refractivity contribution < 1.29 is 30.0 Å². The zero-order valence-corrected chi connectivity index (χ0v) is 16.9. The number of aliphatic hydroxyl groups is 2. The Morgan fingerprint density at radius 3 is 2.50 bits per heavy atom. The number of nitrogens with two attached hydrogens (primary N) is 1. The third-order valence-corrected chi connectivity index (χ3v) is 6.19. The normalized spacial score (nSPS) is 25.0. The molecule has 1 aliphatic carbocycles. The topological polar surface area (TPSA) is 160 Å². The summed E-state index contributed by atoms with van der Waals surface area (Å²) in [5, 5.41) is 34.0. The van der Waals surface area contributed by atoms with E-state index in [2.05, 4.69) is 41.3 Å². The predicted molar refractivity (Wildman–Crippen MR) is 110 cm³/mol. The van der Waals surface area contributed by atoms with E-state index in [1.54, 1.807) is 5.56 Å². The van der Waals surface area contributed by atoms with Gasteiger partial charge in [-0.25, -0.2) is 9.59 Å². The second-order valence-corrected chi connectivity index (χ2v) is 8.15. The molecule has 1 aliphatic heterocycles. The van der Waals surface area contributed by atoms with E-state index in [0.717, 1.165) is 18.9 Å². The summed E-state index contributed by atoms with van der Waals surface area (Å²) in [6.45, 7) is 2.02. The van der Waals surface area contributed by atoms with Crippen LogP contribution >= 0.6 is 0 Å². The first-order valence-corrected chi connectivity index (χ1v) is 10.1. The van der Waals surface area contributed by atoms with Crippen molar-refractivity contribution in [3.63, 3.8) is 0 Å². The predicted octanol–water partition coefficient (Wildman–Crippen LogP) is 0.354. The minimum atomic E-state index is -2.27. The average Bonchev–Trinajstić information content (AvgIpc) is 3.13. The minimum absolute atomic E-state index is 0.665. The van der Waals surface area contributed by atoms with Gasteiger partial charge in [0.25, 0.3) is 0 Å². The van der Waals surface area contributed by atoms with Gasteiger partial charge in [-0.2, -0.15) is 0 Å². The van der Waals surface area contributed by atoms with E-state index in [1.165, 1.54) is 35.9 Å². The summed E-state index contributed by atoms with van der Waals surface area (Å²) in [4.78, 5) is 25.6. The van der Waals surface area contributed by atoms with E-state index in [-0.39, 0.29) is 0 Å². The number of likely N-dealkylation sites (tertiary alicyclic amines) is 1. The fourth-order valence-corrected chi connectivity index (χ4v) is 4.77. The summed E-state index contributed by atoms with van der Waals surface area (Å²) in [6, 6.07) is 7.41. The van der Waals surface area contributed by atoms with Gasteiger partial charge in [0.15, 0.2) is 12.2 Å². The quantitative estimate of drug-likeness (QED) is 0.405. The maximum Gasteiger partial charge on any atom is 0.335 e. The van der Waals surface area contributed by atoms with Gasteiger partial charge < -0.3 is 36.0 Å². The molecule has 2 heterocycles. The average molecular weight is 419 g/mol. The molecule has 0 saturated carbocycles. The Morgan fingerprint density at radius 1 is 1.23 bits per heavy atom. The molecule has 30 heavy (non-hydrogen) atoms. The second kappa shape index (κ2) is 9.13. The van der Waals surface area contributed by atoms with Crippen molar-refractivity contribution in [1.82, 2.24) is 9.88 Å². The summed E-state index contributed by atoms with van der Waals surface area (Å²) in [6.07, 6.45) is 1.33. The number of nitrogens with one attached hydrogen (secondary N) is 1. The van der Waals surface area contributed by atoms with Gasteiger partial charge in [0.1, 0.15) is 0 Å². The molecule has 1 fully saturated rings. The van der Waals surface area contributed by atoms with Crippen LogP contribution in [0, 0.1) is 5.92 Å². The molecule has 0 amide bonds. The summed E-state index contributed by atoms with van der Waals surface area (Å²) in [5.74, 6) is -2.11. The molecule has 1 saturated heterocycles. The van der Waals surface area contributed by atoms with Crippen LogP contribution in [0.5, 0.6) is 0 Å². The van der Waals surface area contributed by atoms with Gasteiger partial charge in [0.2, 0.25) is 0 Å². The Bertz CT molecular complexity index is 895. The summed E-state index contributed by atoms with van der Waals surface area (Å²) in [5.41, 5.74) is 10.2. The number of H-pyrrole nitrogens is 1. The van der Waals surface area contributed by atoms with Gasteiger partial charge in [0, 0.05) is 35.6 Å². The van der Waals surface area contributed by atoms with Gasteiger partial charge in [-0.1, -0.05) is 12.1 Å². The van der Waals surface area contributed by atoms with E-state index in [4.69, 9.17) is 26.2 Å². The summed E-state index contributed by atoms with van der Waals surface area (Å²) >= 11 is 0. The highest BCUT2D eigenvalue weighted by Gasteiger charge is 2.38. The number of hydrogen-bond acceptors (Lipinski definition) is 6. The number of aromatic nitrogens is 1. The molecule has 5 atom stereocenters. The Labute approximate surface area is 174 Å². The zero-order valence-electron chi connectivity index (χ0n) is 16.9. The standard InChI is InChI=1S/C17H23N3.C4H6O6/c1-20-10-11(5-6-18)7-14-13-3-2-4-15-17(13)12(9-19-15)8-16(14)20;5-1(3(7)8)2(6)4(9)10/h2-4,9,11,14,16,19H,5-8,10,18H2,1H3;1-2,5-6H,(H,7,8)(H,9,10)/t11-,14?,16-;1-,2-/m11/s1. The number of carboxylic acids is 2. The van der Waals surface area contributed by atoms with E-state index >= 15 is 0 Å². The van der Waals surface area contributed by atoms with Crippen molar-refractivity contribution in [2.45, 2.75) is 43.4 Å². The van der Waals surface area contributed by atoms with Crippen LogP contribution < -0.4 is 5.73 Å². The third kappa shape index (κ3) is 4.34. The molecule has 0 spiro atoms. The SMILES string of the molecule is CN1C[C@H](CCN)CC2c3cccc4[nH]cc(c34)C[C@H]21.O=C(O)[C@H](O)[C@@H](O)C(=O)O. The number of carbonyl (C=O) groups is 2. The smallest absolute Gasteiger partial charge is 0.335 e. The van der Waals surface area contributed by atoms with Gasteiger partial charge in [0.05, 0.1) is 0 Å². The van der Waals surface area contributed by atoms with Gasteiger partial charge in [-0.3, -0.25) is 0 Å². The van der Waals surface area contributed by atoms with Crippen molar-refractivity contribution in [3.05, 3.63) is 35.5 Å². The van der Waals surface area contributed by atoms with Crippen molar-refractivity contribution in [2.75, 3.05) is 20.1 Å². The van der Waals surface area contributed by atoms with E-state index < -0.39 is 24.1 Å². The summed E-state index contributed by atoms with van der Waals surface area (Å²) in [7, 11) is 2.29. The van der Waals surface area contributed by atoms with Crippen molar-refractivity contribution >= 4 is 22.8 Å². The maximum absolute atomic E-state index is 9.77. The molecule has 4 rings (SSSR count). The maximum atomic E-state index is 9.77. The van der Waals surface area contributed by atoms with Crippen molar-refractivity contribution in [2.24, 2.45) is 11.7 Å². The number of rotatable bonds is 5. The lowest BCUT2D eigenvalue weighted by atomic mass is 9.72. The van der Waals surface area contributed by atoms with E-state index in [1.807, 2.05) is 0 Å². The molecule has 0 radical (unpaired) electrons. The highest BCUT2D eigenvalue weighted by molar-refractivity contribution is 5.88. The van der Waals surface area contributed by atoms with E-state index in [9.17, 15) is 9.59 Å². The minimum Gasteiger partial charge on any atom is -0.479 e. The number of carboxylic acid groups (broad SMARTS) is 2. The number of aliphatic carboxylic acids is 2. The van der Waals surface area contributed by atoms with Gasteiger partial charge in [-0.15, -0.1) is 0 Å². The van der Waals surface area contributed by atoms with E-state index in [0.29, 0.717) is 12.0 Å². The molecular weight excluding hydrogens is 390 g/mol. The summed E-state index contributed by atoms with van der Waals surface area (Å²) < 4.78 is 0. The van der Waals surface area contributed by atoms with Crippen molar-refractivity contribution in [1.29, 1.82) is 0 Å². The van der Waals surface area contributed by atoms with Crippen LogP contribution in [0.4, 0.5) is 0 Å². The zero-order chi connectivity index (χ0) is 22.0. The Kier molecular flexibility index (Phi) is 6.77. The van der Waals surface area contributed by atoms with Gasteiger partial charge >= 0.3 is 11.9 Å². The molecule has 1 aromatic heterocycles. The molecule has 7 N–H and O–H groups in total. The van der Waals surface area contributed by atoms with Crippen LogP contribution in [0.15, 0.2) is 24.4 Å². The lowest BCUT2D eigenvalue weighted by molar-refractivity contribution is -0.165. The molecule has 2 aromatic rings. The number of aliphatic hydroxyl groups excluding tert-OH is 2. The number of aromatic amines is 1. The number of piperidine rings is 1. The molecule has 1 unspecified atom stereocenters. The fourth-order valence-electron chi connectivity index (χ4n) is 4.77. The molecule has 1 aromatic carbocycles. The third-order valence-electron chi connectivity index (χ3n) is 6.19. The van der Waals surface area contributed by atoms with Crippen LogP contribution in [0.25, 0.3) is 10.9 Å². The first-order valence-electron chi connectivity index (χ1n) is 10.1. The highest BCUT2D eigenvalue weighted by Crippen LogP contribution is 2.44. The molecule has 2 aliphatic rings. The monoisotopic (exact) mass is 419 g/mol. The number of fused-ring (bicyclic) bond motifs is 2. The second-order valence-electron chi connectivity index (χ2n) is 8.15. The number of benzene rings is 1. The molecule has 9 nitrogen and oxygen atoms in total.